The zero-order chi connectivity index (χ0) is 23.8. The first kappa shape index (κ1) is 23.7. The van der Waals surface area contributed by atoms with E-state index in [1.165, 1.54) is 23.1 Å². The Balaban J connectivity index is 1.44. The highest BCUT2D eigenvalue weighted by Gasteiger charge is 2.54. The van der Waals surface area contributed by atoms with Crippen LogP contribution in [0, 0.1) is 0 Å². The Morgan fingerprint density at radius 1 is 1.36 bits per heavy atom. The Labute approximate surface area is 199 Å². The third-order valence-electron chi connectivity index (χ3n) is 4.64. The number of carboxylic acid groups (broad SMARTS) is 1. The highest BCUT2D eigenvalue weighted by Crippen LogP contribution is 2.41. The first-order valence-electron chi connectivity index (χ1n) is 9.20. The van der Waals surface area contributed by atoms with Crippen LogP contribution in [0.3, 0.4) is 0 Å². The van der Waals surface area contributed by atoms with Crippen molar-refractivity contribution in [3.63, 3.8) is 0 Å². The third kappa shape index (κ3) is 5.21. The lowest BCUT2D eigenvalue weighted by molar-refractivity contribution is -0.150. The zero-order valence-corrected chi connectivity index (χ0v) is 19.8. The van der Waals surface area contributed by atoms with Gasteiger partial charge in [0.05, 0.1) is 6.42 Å². The summed E-state index contributed by atoms with van der Waals surface area (Å²) in [6, 6.07) is 2.83. The Morgan fingerprint density at radius 3 is 2.82 bits per heavy atom. The highest BCUT2D eigenvalue weighted by molar-refractivity contribution is 8.01. The van der Waals surface area contributed by atoms with Crippen LogP contribution in [0.15, 0.2) is 33.9 Å². The summed E-state index contributed by atoms with van der Waals surface area (Å²) in [6.45, 7) is 0. The topological polar surface area (TPSA) is 185 Å². The lowest BCUT2D eigenvalue weighted by atomic mass is 10.0. The fourth-order valence-corrected chi connectivity index (χ4v) is 6.91. The number of hydrogen-bond donors (Lipinski definition) is 3. The number of carboxylic acids is 1. The first-order valence-corrected chi connectivity index (χ1v) is 13.7. The number of β-lactam (4-membered cyclic amide) rings is 1. The molecule has 1 fully saturated rings. The maximum atomic E-state index is 12.7. The molecule has 2 aliphatic rings. The van der Waals surface area contributed by atoms with E-state index in [0.717, 1.165) is 26.2 Å². The van der Waals surface area contributed by atoms with Crippen molar-refractivity contribution < 1.29 is 32.5 Å². The molecule has 0 radical (unpaired) electrons. The highest BCUT2D eigenvalue weighted by atomic mass is 32.2. The fourth-order valence-electron chi connectivity index (χ4n) is 3.28. The van der Waals surface area contributed by atoms with Crippen molar-refractivity contribution in [2.45, 2.75) is 28.9 Å². The van der Waals surface area contributed by atoms with Crippen molar-refractivity contribution in [2.75, 3.05) is 11.5 Å². The lowest BCUT2D eigenvalue weighted by Gasteiger charge is -2.49. The lowest BCUT2D eigenvalue weighted by Crippen LogP contribution is -2.70. The Bertz CT molecular complexity index is 1230. The van der Waals surface area contributed by atoms with Crippen molar-refractivity contribution in [1.82, 2.24) is 30.4 Å². The van der Waals surface area contributed by atoms with Gasteiger partial charge in [0.2, 0.25) is 11.1 Å². The number of nitrogens with one attached hydrogen (secondary N) is 1. The summed E-state index contributed by atoms with van der Waals surface area (Å²) >= 11 is 3.72. The molecular weight excluding hydrogens is 516 g/mol. The zero-order valence-electron chi connectivity index (χ0n) is 16.5. The largest absolute Gasteiger partial charge is 0.477 e. The molecule has 2 aromatic rings. The molecule has 2 amide bonds. The number of carbonyl (C=O) groups excluding carboxylic acids is 2. The van der Waals surface area contributed by atoms with Gasteiger partial charge in [-0.2, -0.15) is 8.42 Å². The fraction of sp³-hybridized carbons (Fsp3) is 0.375. The number of aromatic nitrogens is 4. The van der Waals surface area contributed by atoms with Crippen LogP contribution in [0.5, 0.6) is 0 Å². The Kier molecular flexibility index (Phi) is 6.76. The van der Waals surface area contributed by atoms with Gasteiger partial charge in [-0.15, -0.1) is 28.2 Å². The number of nitrogens with zero attached hydrogens (tertiary/aromatic N) is 5. The second-order valence-corrected chi connectivity index (χ2v) is 11.4. The average molecular weight is 533 g/mol. The monoisotopic (exact) mass is 532 g/mol. The number of tetrazole rings is 1. The second kappa shape index (κ2) is 9.41. The van der Waals surface area contributed by atoms with Gasteiger partial charge in [0.1, 0.15) is 17.1 Å². The van der Waals surface area contributed by atoms with Crippen LogP contribution in [0.2, 0.25) is 0 Å². The van der Waals surface area contributed by atoms with Gasteiger partial charge in [-0.05, 0) is 27.4 Å². The molecular formula is C16H16N6O7S4. The summed E-state index contributed by atoms with van der Waals surface area (Å²) in [7, 11) is -4.37. The molecule has 33 heavy (non-hydrogen) atoms. The molecule has 2 atom stereocenters. The number of hydrogen-bond acceptors (Lipinski definition) is 11. The number of carbonyl (C=O) groups is 3. The van der Waals surface area contributed by atoms with Crippen LogP contribution in [0.1, 0.15) is 4.88 Å². The van der Waals surface area contributed by atoms with Gasteiger partial charge in [-0.1, -0.05) is 17.8 Å². The minimum atomic E-state index is -4.37. The molecule has 176 valence electrons. The van der Waals surface area contributed by atoms with Crippen LogP contribution < -0.4 is 5.32 Å². The molecule has 13 nitrogen and oxygen atoms in total. The minimum absolute atomic E-state index is 0.0608. The van der Waals surface area contributed by atoms with E-state index >= 15 is 0 Å². The van der Waals surface area contributed by atoms with Crippen molar-refractivity contribution >= 4 is 62.8 Å². The van der Waals surface area contributed by atoms with E-state index < -0.39 is 39.3 Å². The van der Waals surface area contributed by atoms with Crippen LogP contribution >= 0.6 is 34.9 Å². The van der Waals surface area contributed by atoms with Crippen molar-refractivity contribution in [1.29, 1.82) is 0 Å². The quantitative estimate of drug-likeness (QED) is 0.217. The van der Waals surface area contributed by atoms with Gasteiger partial charge in [0, 0.05) is 16.4 Å². The number of thiophene rings is 1. The molecule has 4 rings (SSSR count). The van der Waals surface area contributed by atoms with Crippen molar-refractivity contribution in [3.05, 3.63) is 33.7 Å². The number of thioether (sulfide) groups is 2. The molecule has 4 heterocycles. The average Bonchev–Trinajstić information content (AvgIpc) is 3.40. The maximum absolute atomic E-state index is 12.7. The number of aliphatic carboxylic acids is 1. The normalized spacial score (nSPS) is 20.4. The van der Waals surface area contributed by atoms with E-state index in [1.54, 1.807) is 0 Å². The predicted octanol–water partition coefficient (Wildman–Crippen LogP) is -0.347. The Morgan fingerprint density at radius 2 is 2.15 bits per heavy atom. The van der Waals surface area contributed by atoms with Gasteiger partial charge < -0.3 is 10.4 Å². The van der Waals surface area contributed by atoms with E-state index in [0.29, 0.717) is 5.57 Å². The van der Waals surface area contributed by atoms with E-state index in [1.807, 2.05) is 17.5 Å². The molecule has 2 unspecified atom stereocenters. The molecule has 0 spiro atoms. The molecule has 3 N–H and O–H groups in total. The van der Waals surface area contributed by atoms with Gasteiger partial charge in [0.15, 0.2) is 5.88 Å². The van der Waals surface area contributed by atoms with Gasteiger partial charge in [-0.25, -0.2) is 9.48 Å². The van der Waals surface area contributed by atoms with Crippen LogP contribution in [-0.4, -0.2) is 83.9 Å². The molecule has 0 saturated carbocycles. The summed E-state index contributed by atoms with van der Waals surface area (Å²) in [6.07, 6.45) is 0.140. The predicted molar refractivity (Wildman–Crippen MR) is 118 cm³/mol. The number of rotatable bonds is 9. The van der Waals surface area contributed by atoms with E-state index in [9.17, 15) is 27.9 Å². The van der Waals surface area contributed by atoms with Crippen molar-refractivity contribution in [3.8, 4) is 0 Å². The minimum Gasteiger partial charge on any atom is -0.477 e. The van der Waals surface area contributed by atoms with E-state index in [2.05, 4.69) is 20.8 Å². The van der Waals surface area contributed by atoms with Gasteiger partial charge in [0.25, 0.3) is 16.0 Å². The SMILES string of the molecule is O=C(Cc1cccs1)NC1C(=O)N2C(C(=O)O)=C(CSc3nnnn3CS(=O)(=O)O)CSC12. The van der Waals surface area contributed by atoms with E-state index in [-0.39, 0.29) is 34.7 Å². The molecule has 2 aromatic heterocycles. The summed E-state index contributed by atoms with van der Waals surface area (Å²) in [5.74, 6) is -2.61. The summed E-state index contributed by atoms with van der Waals surface area (Å²) in [5, 5.41) is 24.3. The number of amides is 2. The molecule has 0 aliphatic carbocycles. The Hall–Kier alpha value is -2.47. The smallest absolute Gasteiger partial charge is 0.352 e. The standard InChI is InChI=1S/C16H16N6O7S4/c23-10(4-9-2-1-3-30-9)17-11-13(24)22-12(15(25)26)8(5-31-14(11)22)6-32-16-18-19-20-21(16)7-33(27,28)29/h1-3,11,14H,4-7H2,(H,17,23)(H,25,26)(H,27,28,29). The van der Waals surface area contributed by atoms with Gasteiger partial charge in [-0.3, -0.25) is 19.0 Å². The second-order valence-electron chi connectivity index (χ2n) is 6.93. The van der Waals surface area contributed by atoms with Crippen LogP contribution in [0.25, 0.3) is 0 Å². The van der Waals surface area contributed by atoms with E-state index in [4.69, 9.17) is 4.55 Å². The summed E-state index contributed by atoms with van der Waals surface area (Å²) in [4.78, 5) is 38.9. The molecule has 2 aliphatic heterocycles. The van der Waals surface area contributed by atoms with Crippen molar-refractivity contribution in [2.24, 2.45) is 0 Å². The molecule has 1 saturated heterocycles. The molecule has 0 bridgehead atoms. The first-order chi connectivity index (χ1) is 15.6. The third-order valence-corrected chi connectivity index (χ3v) is 8.47. The summed E-state index contributed by atoms with van der Waals surface area (Å²) < 4.78 is 32.0. The van der Waals surface area contributed by atoms with Gasteiger partial charge >= 0.3 is 5.97 Å². The maximum Gasteiger partial charge on any atom is 0.352 e. The summed E-state index contributed by atoms with van der Waals surface area (Å²) in [5.41, 5.74) is 0.251. The molecule has 17 heteroatoms. The van der Waals surface area contributed by atoms with Crippen LogP contribution in [0.4, 0.5) is 0 Å². The van der Waals surface area contributed by atoms with Crippen LogP contribution in [-0.2, 0) is 36.8 Å². The number of fused-ring (bicyclic) bond motifs is 1. The molecule has 0 aromatic carbocycles.